The number of carbonyl (C=O) groups excluding carboxylic acids is 2. The van der Waals surface area contributed by atoms with Gasteiger partial charge in [-0.15, -0.1) is 0 Å². The Balaban J connectivity index is 1.75. The second-order valence-corrected chi connectivity index (χ2v) is 6.46. The highest BCUT2D eigenvalue weighted by Gasteiger charge is 2.28. The summed E-state index contributed by atoms with van der Waals surface area (Å²) in [6.07, 6.45) is -0.561. The zero-order chi connectivity index (χ0) is 18.7. The van der Waals surface area contributed by atoms with Gasteiger partial charge in [-0.05, 0) is 31.5 Å². The van der Waals surface area contributed by atoms with Crippen LogP contribution in [0.15, 0.2) is 48.5 Å². The van der Waals surface area contributed by atoms with Crippen LogP contribution in [0, 0.1) is 0 Å². The number of alkyl carbamates (subject to hydrolysis) is 1. The fourth-order valence-corrected chi connectivity index (χ4v) is 2.60. The number of imidazole rings is 1. The van der Waals surface area contributed by atoms with E-state index in [4.69, 9.17) is 10.5 Å². The van der Waals surface area contributed by atoms with E-state index in [0.29, 0.717) is 22.4 Å². The Bertz CT molecular complexity index is 948. The van der Waals surface area contributed by atoms with Crippen LogP contribution in [0.5, 0.6) is 0 Å². The van der Waals surface area contributed by atoms with Crippen LogP contribution in [0.4, 0.5) is 4.79 Å². The molecule has 2 aromatic carbocycles. The molecular weight excluding hydrogens is 332 g/mol. The first kappa shape index (κ1) is 17.5. The van der Waals surface area contributed by atoms with E-state index >= 15 is 0 Å². The largest absolute Gasteiger partial charge is 0.445 e. The molecule has 0 radical (unpaired) electrons. The minimum absolute atomic E-state index is 0.175. The zero-order valence-electron chi connectivity index (χ0n) is 14.6. The Morgan fingerprint density at radius 2 is 1.88 bits per heavy atom. The molecule has 7 nitrogen and oxygen atoms in total. The van der Waals surface area contributed by atoms with E-state index in [9.17, 15) is 9.59 Å². The molecule has 1 aromatic heterocycles. The summed E-state index contributed by atoms with van der Waals surface area (Å²) < 4.78 is 5.26. The van der Waals surface area contributed by atoms with Crippen LogP contribution in [0.25, 0.3) is 11.0 Å². The molecule has 0 saturated carbocycles. The normalized spacial score (nSPS) is 11.3. The Labute approximate surface area is 150 Å². The van der Waals surface area contributed by atoms with E-state index in [1.54, 1.807) is 32.0 Å². The van der Waals surface area contributed by atoms with Gasteiger partial charge >= 0.3 is 6.09 Å². The van der Waals surface area contributed by atoms with Crippen molar-refractivity contribution in [3.8, 4) is 0 Å². The van der Waals surface area contributed by atoms with Crippen LogP contribution < -0.4 is 11.1 Å². The van der Waals surface area contributed by atoms with Gasteiger partial charge in [0.15, 0.2) is 0 Å². The Kier molecular flexibility index (Phi) is 4.62. The van der Waals surface area contributed by atoms with E-state index < -0.39 is 17.5 Å². The molecule has 26 heavy (non-hydrogen) atoms. The van der Waals surface area contributed by atoms with Crippen molar-refractivity contribution in [3.63, 3.8) is 0 Å². The molecule has 3 aromatic rings. The number of rotatable bonds is 5. The SMILES string of the molecule is CC(C)(NC(=O)OCc1ccccc1)c1nc2c(C(N)=O)cccc2[nH]1. The lowest BCUT2D eigenvalue weighted by Crippen LogP contribution is -2.42. The van der Waals surface area contributed by atoms with Gasteiger partial charge in [-0.3, -0.25) is 4.79 Å². The molecule has 0 aliphatic carbocycles. The molecular formula is C19H20N4O3. The van der Waals surface area contributed by atoms with Crippen molar-refractivity contribution in [2.45, 2.75) is 26.0 Å². The number of benzene rings is 2. The number of hydrogen-bond donors (Lipinski definition) is 3. The van der Waals surface area contributed by atoms with E-state index in [2.05, 4.69) is 15.3 Å². The number of carbonyl (C=O) groups is 2. The van der Waals surface area contributed by atoms with Gasteiger partial charge < -0.3 is 20.8 Å². The number of nitrogens with one attached hydrogen (secondary N) is 2. The number of amides is 2. The van der Waals surface area contributed by atoms with E-state index in [1.807, 2.05) is 30.3 Å². The molecule has 0 atom stereocenters. The highest BCUT2D eigenvalue weighted by Crippen LogP contribution is 2.23. The maximum absolute atomic E-state index is 12.1. The number of fused-ring (bicyclic) bond motifs is 1. The summed E-state index contributed by atoms with van der Waals surface area (Å²) in [5, 5.41) is 2.78. The third kappa shape index (κ3) is 3.66. The van der Waals surface area contributed by atoms with Crippen molar-refractivity contribution in [2.75, 3.05) is 0 Å². The second-order valence-electron chi connectivity index (χ2n) is 6.46. The molecule has 2 amide bonds. The van der Waals surface area contributed by atoms with Crippen LogP contribution >= 0.6 is 0 Å². The zero-order valence-corrected chi connectivity index (χ0v) is 14.6. The van der Waals surface area contributed by atoms with E-state index in [1.165, 1.54) is 0 Å². The van der Waals surface area contributed by atoms with Gasteiger partial charge in [-0.2, -0.15) is 0 Å². The predicted octanol–water partition coefficient (Wildman–Crippen LogP) is 2.82. The molecule has 4 N–H and O–H groups in total. The average Bonchev–Trinajstić information content (AvgIpc) is 3.05. The molecule has 0 unspecified atom stereocenters. The number of primary amides is 1. The fraction of sp³-hybridized carbons (Fsp3) is 0.211. The van der Waals surface area contributed by atoms with Crippen molar-refractivity contribution in [2.24, 2.45) is 5.73 Å². The molecule has 0 bridgehead atoms. The van der Waals surface area contributed by atoms with Gasteiger partial charge in [-0.1, -0.05) is 36.4 Å². The monoisotopic (exact) mass is 352 g/mol. The third-order valence-corrected chi connectivity index (χ3v) is 4.00. The fourth-order valence-electron chi connectivity index (χ4n) is 2.60. The maximum Gasteiger partial charge on any atom is 0.408 e. The van der Waals surface area contributed by atoms with Gasteiger partial charge in [0.2, 0.25) is 0 Å². The Morgan fingerprint density at radius 3 is 2.58 bits per heavy atom. The molecule has 0 saturated heterocycles. The average molecular weight is 352 g/mol. The van der Waals surface area contributed by atoms with Crippen LogP contribution in [-0.4, -0.2) is 22.0 Å². The van der Waals surface area contributed by atoms with Crippen LogP contribution in [0.1, 0.15) is 35.6 Å². The van der Waals surface area contributed by atoms with E-state index in [-0.39, 0.29) is 6.61 Å². The molecule has 134 valence electrons. The van der Waals surface area contributed by atoms with Gasteiger partial charge in [0, 0.05) is 0 Å². The van der Waals surface area contributed by atoms with Crippen molar-refractivity contribution < 1.29 is 14.3 Å². The summed E-state index contributed by atoms with van der Waals surface area (Å²) in [5.41, 5.74) is 6.93. The number of H-pyrrole nitrogens is 1. The summed E-state index contributed by atoms with van der Waals surface area (Å²) in [6, 6.07) is 14.5. The first-order valence-corrected chi connectivity index (χ1v) is 8.15. The van der Waals surface area contributed by atoms with Crippen molar-refractivity contribution in [3.05, 3.63) is 65.5 Å². The van der Waals surface area contributed by atoms with Gasteiger partial charge in [0.1, 0.15) is 17.9 Å². The Hall–Kier alpha value is -3.35. The molecule has 0 aliphatic heterocycles. The minimum atomic E-state index is -0.832. The quantitative estimate of drug-likeness (QED) is 0.656. The highest BCUT2D eigenvalue weighted by atomic mass is 16.5. The lowest BCUT2D eigenvalue weighted by molar-refractivity contribution is 0.100. The summed E-state index contributed by atoms with van der Waals surface area (Å²) in [7, 11) is 0. The molecule has 1 heterocycles. The van der Waals surface area contributed by atoms with Gasteiger partial charge in [-0.25, -0.2) is 9.78 Å². The third-order valence-electron chi connectivity index (χ3n) is 4.00. The number of ether oxygens (including phenoxy) is 1. The molecule has 0 fully saturated rings. The highest BCUT2D eigenvalue weighted by molar-refractivity contribution is 6.04. The summed E-state index contributed by atoms with van der Waals surface area (Å²) in [6.45, 7) is 3.76. The lowest BCUT2D eigenvalue weighted by Gasteiger charge is -2.23. The standard InChI is InChI=1S/C19H20N4O3/c1-19(2,23-18(25)26-11-12-7-4-3-5-8-12)17-21-14-10-6-9-13(16(20)24)15(14)22-17/h3-10H,11H2,1-2H3,(H2,20,24)(H,21,22)(H,23,25). The summed E-state index contributed by atoms with van der Waals surface area (Å²) >= 11 is 0. The number of aromatic amines is 1. The molecule has 3 rings (SSSR count). The first-order valence-electron chi connectivity index (χ1n) is 8.15. The maximum atomic E-state index is 12.1. The Morgan fingerprint density at radius 1 is 1.15 bits per heavy atom. The van der Waals surface area contributed by atoms with E-state index in [0.717, 1.165) is 5.56 Å². The van der Waals surface area contributed by atoms with Crippen LogP contribution in [0.3, 0.4) is 0 Å². The van der Waals surface area contributed by atoms with Crippen molar-refractivity contribution >= 4 is 23.0 Å². The molecule has 0 spiro atoms. The second kappa shape index (κ2) is 6.87. The van der Waals surface area contributed by atoms with Crippen LogP contribution in [-0.2, 0) is 16.9 Å². The lowest BCUT2D eigenvalue weighted by atomic mass is 10.1. The number of hydrogen-bond acceptors (Lipinski definition) is 4. The summed E-state index contributed by atoms with van der Waals surface area (Å²) in [4.78, 5) is 31.3. The predicted molar refractivity (Wildman–Crippen MR) is 97.4 cm³/mol. The molecule has 7 heteroatoms. The van der Waals surface area contributed by atoms with Gasteiger partial charge in [0.05, 0.1) is 16.6 Å². The number of nitrogens with two attached hydrogens (primary N) is 1. The number of aromatic nitrogens is 2. The molecule has 0 aliphatic rings. The smallest absolute Gasteiger partial charge is 0.408 e. The first-order chi connectivity index (χ1) is 12.4. The number of para-hydroxylation sites is 1. The van der Waals surface area contributed by atoms with Gasteiger partial charge in [0.25, 0.3) is 5.91 Å². The van der Waals surface area contributed by atoms with Crippen LogP contribution in [0.2, 0.25) is 0 Å². The summed E-state index contributed by atoms with van der Waals surface area (Å²) in [5.74, 6) is -0.0560. The minimum Gasteiger partial charge on any atom is -0.445 e. The topological polar surface area (TPSA) is 110 Å². The van der Waals surface area contributed by atoms with Crippen molar-refractivity contribution in [1.29, 1.82) is 0 Å². The van der Waals surface area contributed by atoms with Crippen molar-refractivity contribution in [1.82, 2.24) is 15.3 Å². The number of nitrogens with zero attached hydrogens (tertiary/aromatic N) is 1.